The van der Waals surface area contributed by atoms with Crippen LogP contribution < -0.4 is 10.7 Å². The number of H-pyrrole nitrogens is 1. The molecule has 1 aromatic heterocycles. The van der Waals surface area contributed by atoms with Crippen molar-refractivity contribution in [3.63, 3.8) is 0 Å². The van der Waals surface area contributed by atoms with Gasteiger partial charge in [0.25, 0.3) is 5.91 Å². The van der Waals surface area contributed by atoms with E-state index in [0.29, 0.717) is 33.4 Å². The molecule has 1 aliphatic heterocycles. The minimum absolute atomic E-state index is 0.0713. The standard InChI is InChI=1S/C21H15N5O2/c22-9-18-16-10-23-26-21(28)15-6-12(7-17(25-18)19(15)16)24-20(27)14-8-13(14)11-4-2-1-3-5-11/h1-7,10,13-14,25H,8H2,(H,24,27)(H,26,28). The van der Waals surface area contributed by atoms with Gasteiger partial charge in [-0.2, -0.15) is 10.4 Å². The molecule has 0 radical (unpaired) electrons. The zero-order chi connectivity index (χ0) is 19.3. The molecule has 3 aromatic rings. The van der Waals surface area contributed by atoms with Crippen molar-refractivity contribution in [2.75, 3.05) is 5.32 Å². The fraction of sp³-hybridized carbons (Fsp3) is 0.143. The minimum atomic E-state index is -0.381. The Balaban J connectivity index is 1.46. The Bertz CT molecular complexity index is 1200. The van der Waals surface area contributed by atoms with Gasteiger partial charge in [-0.1, -0.05) is 30.3 Å². The summed E-state index contributed by atoms with van der Waals surface area (Å²) in [5.41, 5.74) is 5.97. The summed E-state index contributed by atoms with van der Waals surface area (Å²) < 4.78 is 0. The molecule has 1 aliphatic carbocycles. The van der Waals surface area contributed by atoms with E-state index in [1.54, 1.807) is 12.1 Å². The molecule has 1 saturated carbocycles. The summed E-state index contributed by atoms with van der Waals surface area (Å²) in [6.07, 6.45) is 2.27. The molecule has 2 unspecified atom stereocenters. The lowest BCUT2D eigenvalue weighted by Crippen LogP contribution is -2.18. The molecule has 5 rings (SSSR count). The monoisotopic (exact) mass is 369 g/mol. The molecule has 3 N–H and O–H groups in total. The van der Waals surface area contributed by atoms with Crippen LogP contribution in [0.1, 0.15) is 39.5 Å². The predicted molar refractivity (Wildman–Crippen MR) is 104 cm³/mol. The topological polar surface area (TPSA) is 110 Å². The Kier molecular flexibility index (Phi) is 3.52. The van der Waals surface area contributed by atoms with Crippen molar-refractivity contribution in [3.8, 4) is 6.07 Å². The van der Waals surface area contributed by atoms with Crippen molar-refractivity contribution >= 4 is 34.6 Å². The Hall–Kier alpha value is -3.92. The number of nitriles is 1. The van der Waals surface area contributed by atoms with Gasteiger partial charge in [0.1, 0.15) is 11.8 Å². The third-order valence-corrected chi connectivity index (χ3v) is 5.28. The van der Waals surface area contributed by atoms with Gasteiger partial charge >= 0.3 is 0 Å². The second kappa shape index (κ2) is 6.06. The van der Waals surface area contributed by atoms with Gasteiger partial charge in [-0.05, 0) is 30.0 Å². The molecular formula is C21H15N5O2. The summed E-state index contributed by atoms with van der Waals surface area (Å²) in [5.74, 6) is -0.306. The number of rotatable bonds is 3. The fourth-order valence-electron chi connectivity index (χ4n) is 3.83. The first kappa shape index (κ1) is 16.3. The first-order chi connectivity index (χ1) is 13.7. The van der Waals surface area contributed by atoms with Crippen LogP contribution in [-0.2, 0) is 4.79 Å². The van der Waals surface area contributed by atoms with Gasteiger partial charge in [0, 0.05) is 28.1 Å². The third-order valence-electron chi connectivity index (χ3n) is 5.28. The molecule has 0 saturated heterocycles. The predicted octanol–water partition coefficient (Wildman–Crippen LogP) is 2.86. The maximum Gasteiger partial charge on any atom is 0.272 e. The largest absolute Gasteiger partial charge is 0.346 e. The van der Waals surface area contributed by atoms with Gasteiger partial charge in [-0.15, -0.1) is 0 Å². The Morgan fingerprint density at radius 1 is 1.25 bits per heavy atom. The number of carbonyl (C=O) groups is 2. The van der Waals surface area contributed by atoms with Crippen molar-refractivity contribution in [3.05, 3.63) is 64.8 Å². The van der Waals surface area contributed by atoms with Crippen LogP contribution in [0, 0.1) is 17.2 Å². The van der Waals surface area contributed by atoms with Crippen molar-refractivity contribution in [2.24, 2.45) is 11.0 Å². The third kappa shape index (κ3) is 2.55. The van der Waals surface area contributed by atoms with Gasteiger partial charge < -0.3 is 10.3 Å². The second-order valence-corrected chi connectivity index (χ2v) is 7.02. The van der Waals surface area contributed by atoms with Gasteiger partial charge in [-0.3, -0.25) is 9.59 Å². The lowest BCUT2D eigenvalue weighted by atomic mass is 10.0. The summed E-state index contributed by atoms with van der Waals surface area (Å²) in [7, 11) is 0. The molecule has 0 bridgehead atoms. The van der Waals surface area contributed by atoms with E-state index < -0.39 is 0 Å². The SMILES string of the molecule is N#Cc1[nH]c2cc(NC(=O)C3CC3c3ccccc3)cc3c2c1C=NNC3=O. The van der Waals surface area contributed by atoms with Gasteiger partial charge in [0.05, 0.1) is 11.8 Å². The number of nitrogens with one attached hydrogen (secondary N) is 3. The molecule has 136 valence electrons. The van der Waals surface area contributed by atoms with E-state index in [0.717, 1.165) is 12.0 Å². The number of benzene rings is 2. The smallest absolute Gasteiger partial charge is 0.272 e. The Morgan fingerprint density at radius 3 is 2.86 bits per heavy atom. The molecule has 2 amide bonds. The van der Waals surface area contributed by atoms with E-state index in [-0.39, 0.29) is 23.7 Å². The van der Waals surface area contributed by atoms with E-state index in [9.17, 15) is 14.9 Å². The van der Waals surface area contributed by atoms with Crippen molar-refractivity contribution in [2.45, 2.75) is 12.3 Å². The molecular weight excluding hydrogens is 354 g/mol. The molecule has 2 heterocycles. The van der Waals surface area contributed by atoms with Crippen molar-refractivity contribution < 1.29 is 9.59 Å². The zero-order valence-electron chi connectivity index (χ0n) is 14.7. The second-order valence-electron chi connectivity index (χ2n) is 7.02. The summed E-state index contributed by atoms with van der Waals surface area (Å²) in [5, 5.41) is 16.7. The number of aromatic nitrogens is 1. The number of hydrogen-bond acceptors (Lipinski definition) is 4. The number of nitrogens with zero attached hydrogens (tertiary/aromatic N) is 2. The molecule has 28 heavy (non-hydrogen) atoms. The van der Waals surface area contributed by atoms with E-state index in [1.165, 1.54) is 6.21 Å². The average molecular weight is 369 g/mol. The molecule has 2 atom stereocenters. The highest BCUT2D eigenvalue weighted by atomic mass is 16.2. The van der Waals surface area contributed by atoms with Gasteiger partial charge in [-0.25, -0.2) is 5.43 Å². The minimum Gasteiger partial charge on any atom is -0.346 e. The lowest BCUT2D eigenvalue weighted by Gasteiger charge is -2.08. The number of hydrazone groups is 1. The zero-order valence-corrected chi connectivity index (χ0v) is 14.7. The first-order valence-corrected chi connectivity index (χ1v) is 8.94. The molecule has 2 aromatic carbocycles. The number of aromatic amines is 1. The number of amides is 2. The fourth-order valence-corrected chi connectivity index (χ4v) is 3.83. The van der Waals surface area contributed by atoms with Crippen molar-refractivity contribution in [1.29, 1.82) is 5.26 Å². The Labute approximate surface area is 160 Å². The summed E-state index contributed by atoms with van der Waals surface area (Å²) in [6, 6.07) is 15.4. The quantitative estimate of drug-likeness (QED) is 0.660. The maximum absolute atomic E-state index is 12.7. The molecule has 0 spiro atoms. The van der Waals surface area contributed by atoms with Crippen LogP contribution >= 0.6 is 0 Å². The average Bonchev–Trinajstić information content (AvgIpc) is 3.46. The number of carbonyl (C=O) groups excluding carboxylic acids is 2. The highest BCUT2D eigenvalue weighted by Crippen LogP contribution is 2.48. The molecule has 2 aliphatic rings. The van der Waals surface area contributed by atoms with Gasteiger partial charge in [0.2, 0.25) is 5.91 Å². The molecule has 7 heteroatoms. The van der Waals surface area contributed by atoms with Crippen molar-refractivity contribution in [1.82, 2.24) is 10.4 Å². The highest BCUT2D eigenvalue weighted by molar-refractivity contribution is 6.16. The summed E-state index contributed by atoms with van der Waals surface area (Å²) in [4.78, 5) is 28.1. The normalized spacial score (nSPS) is 19.6. The van der Waals surface area contributed by atoms with Crippen LogP contribution in [0.3, 0.4) is 0 Å². The van der Waals surface area contributed by atoms with Crippen LogP contribution in [0.4, 0.5) is 5.69 Å². The number of anilines is 1. The van der Waals surface area contributed by atoms with Crippen LogP contribution in [0.15, 0.2) is 47.6 Å². The van der Waals surface area contributed by atoms with Crippen LogP contribution in [-0.4, -0.2) is 23.0 Å². The summed E-state index contributed by atoms with van der Waals surface area (Å²) in [6.45, 7) is 0. The van der Waals surface area contributed by atoms with Crippen LogP contribution in [0.5, 0.6) is 0 Å². The molecule has 1 fully saturated rings. The lowest BCUT2D eigenvalue weighted by molar-refractivity contribution is -0.117. The molecule has 7 nitrogen and oxygen atoms in total. The first-order valence-electron chi connectivity index (χ1n) is 8.94. The van der Waals surface area contributed by atoms with E-state index >= 15 is 0 Å². The van der Waals surface area contributed by atoms with E-state index in [2.05, 4.69) is 26.9 Å². The van der Waals surface area contributed by atoms with E-state index in [1.807, 2.05) is 30.3 Å². The van der Waals surface area contributed by atoms with Gasteiger partial charge in [0.15, 0.2) is 0 Å². The maximum atomic E-state index is 12.7. The Morgan fingerprint density at radius 2 is 2.07 bits per heavy atom. The summed E-state index contributed by atoms with van der Waals surface area (Å²) >= 11 is 0. The number of hydrogen-bond donors (Lipinski definition) is 3. The highest BCUT2D eigenvalue weighted by Gasteiger charge is 2.43. The van der Waals surface area contributed by atoms with Crippen LogP contribution in [0.25, 0.3) is 10.9 Å². The van der Waals surface area contributed by atoms with Crippen LogP contribution in [0.2, 0.25) is 0 Å². The van der Waals surface area contributed by atoms with E-state index in [4.69, 9.17) is 0 Å².